The third-order valence-corrected chi connectivity index (χ3v) is 10.1. The van der Waals surface area contributed by atoms with Crippen LogP contribution in [-0.2, 0) is 14.8 Å². The summed E-state index contributed by atoms with van der Waals surface area (Å²) >= 11 is 7.57. The highest BCUT2D eigenvalue weighted by Gasteiger charge is 2.32. The van der Waals surface area contributed by atoms with Gasteiger partial charge in [-0.15, -0.1) is 11.3 Å². The molecule has 2 aliphatic heterocycles. The maximum atomic E-state index is 14.5. The van der Waals surface area contributed by atoms with Crippen LogP contribution in [0.3, 0.4) is 0 Å². The van der Waals surface area contributed by atoms with Crippen LogP contribution in [0.25, 0.3) is 11.3 Å². The highest BCUT2D eigenvalue weighted by Crippen LogP contribution is 2.40. The number of thiazole rings is 1. The van der Waals surface area contributed by atoms with Gasteiger partial charge in [-0.1, -0.05) is 35.9 Å². The van der Waals surface area contributed by atoms with Crippen molar-refractivity contribution in [1.29, 1.82) is 0 Å². The monoisotopic (exact) mass is 612 g/mol. The van der Waals surface area contributed by atoms with E-state index in [4.69, 9.17) is 31.2 Å². The average molecular weight is 613 g/mol. The Bertz CT molecular complexity index is 1690. The van der Waals surface area contributed by atoms with Crippen molar-refractivity contribution in [3.8, 4) is 17.0 Å². The molecule has 0 radical (unpaired) electrons. The molecular formula is C29H26ClFN4O4S2. The van der Waals surface area contributed by atoms with E-state index in [1.165, 1.54) is 28.8 Å². The molecule has 1 fully saturated rings. The molecule has 0 bridgehead atoms. The molecule has 0 saturated carbocycles. The third kappa shape index (κ3) is 5.60. The number of sulfonamides is 1. The van der Waals surface area contributed by atoms with Crippen molar-refractivity contribution in [2.45, 2.75) is 17.4 Å². The fourth-order valence-electron chi connectivity index (χ4n) is 4.89. The second-order valence-electron chi connectivity index (χ2n) is 9.57. The van der Waals surface area contributed by atoms with Gasteiger partial charge in [0.1, 0.15) is 0 Å². The van der Waals surface area contributed by atoms with Gasteiger partial charge >= 0.3 is 0 Å². The fourth-order valence-corrected chi connectivity index (χ4v) is 7.25. The summed E-state index contributed by atoms with van der Waals surface area (Å²) in [5.41, 5.74) is 3.88. The van der Waals surface area contributed by atoms with E-state index < -0.39 is 15.8 Å². The summed E-state index contributed by atoms with van der Waals surface area (Å²) in [6.07, 6.45) is 0.538. The van der Waals surface area contributed by atoms with Gasteiger partial charge in [0.05, 0.1) is 42.7 Å². The second kappa shape index (κ2) is 11.5. The van der Waals surface area contributed by atoms with Crippen LogP contribution < -0.4 is 9.75 Å². The van der Waals surface area contributed by atoms with Crippen molar-refractivity contribution in [3.05, 3.63) is 94.1 Å². The summed E-state index contributed by atoms with van der Waals surface area (Å²) in [6, 6.07) is 19.0. The van der Waals surface area contributed by atoms with E-state index >= 15 is 0 Å². The number of nitrogens with zero attached hydrogens (tertiary/aromatic N) is 4. The number of hydrogen-bond acceptors (Lipinski definition) is 8. The first kappa shape index (κ1) is 27.8. The Morgan fingerprint density at radius 1 is 1.02 bits per heavy atom. The van der Waals surface area contributed by atoms with Gasteiger partial charge in [-0.05, 0) is 48.0 Å². The van der Waals surface area contributed by atoms with Gasteiger partial charge in [-0.2, -0.15) is 9.41 Å². The lowest BCUT2D eigenvalue weighted by atomic mass is 9.98. The van der Waals surface area contributed by atoms with Crippen molar-refractivity contribution in [2.75, 3.05) is 38.4 Å². The SMILES string of the molecule is COc1ccc(C2=NN(c3nc(-c4ccc(S(=O)(=O)N5CCOCC5)cc4)cs3)C(c3ccc(Cl)cc3)C2)cc1F. The number of anilines is 1. The highest BCUT2D eigenvalue weighted by atomic mass is 35.5. The molecule has 0 aliphatic carbocycles. The lowest BCUT2D eigenvalue weighted by Crippen LogP contribution is -2.40. The Kier molecular flexibility index (Phi) is 7.80. The molecule has 6 rings (SSSR count). The summed E-state index contributed by atoms with van der Waals surface area (Å²) in [4.78, 5) is 5.09. The summed E-state index contributed by atoms with van der Waals surface area (Å²) in [5.74, 6) is -0.281. The van der Waals surface area contributed by atoms with Crippen LogP contribution in [0.5, 0.6) is 5.75 Å². The molecule has 3 aromatic carbocycles. The molecule has 0 N–H and O–H groups in total. The molecule has 0 amide bonds. The quantitative estimate of drug-likeness (QED) is 0.255. The van der Waals surface area contributed by atoms with Crippen LogP contribution in [0.2, 0.25) is 5.02 Å². The molecule has 1 unspecified atom stereocenters. The molecule has 212 valence electrons. The Balaban J connectivity index is 1.30. The number of ether oxygens (including phenoxy) is 2. The molecule has 12 heteroatoms. The Hall–Kier alpha value is -3.35. The molecule has 8 nitrogen and oxygen atoms in total. The first-order valence-electron chi connectivity index (χ1n) is 12.9. The van der Waals surface area contributed by atoms with Crippen LogP contribution in [0.4, 0.5) is 9.52 Å². The molecule has 3 heterocycles. The van der Waals surface area contributed by atoms with Gasteiger partial charge in [0.15, 0.2) is 11.6 Å². The highest BCUT2D eigenvalue weighted by molar-refractivity contribution is 7.89. The van der Waals surface area contributed by atoms with E-state index in [9.17, 15) is 12.8 Å². The summed E-state index contributed by atoms with van der Waals surface area (Å²) in [7, 11) is -2.15. The Labute approximate surface area is 246 Å². The first-order chi connectivity index (χ1) is 19.8. The standard InChI is InChI=1S/C29H26ClFN4O4S2/c1-38-28-11-6-21(16-24(28)31)25-17-27(20-2-7-22(30)8-3-20)35(33-25)29-32-26(18-40-29)19-4-9-23(10-5-19)41(36,37)34-12-14-39-15-13-34/h2-11,16,18,27H,12-15,17H2,1H3. The van der Waals surface area contributed by atoms with Crippen LogP contribution in [-0.4, -0.2) is 56.8 Å². The minimum Gasteiger partial charge on any atom is -0.494 e. The van der Waals surface area contributed by atoms with Crippen molar-refractivity contribution in [1.82, 2.24) is 9.29 Å². The molecule has 1 saturated heterocycles. The molecule has 4 aromatic rings. The Morgan fingerprint density at radius 3 is 2.41 bits per heavy atom. The molecule has 2 aliphatic rings. The normalized spacial score (nSPS) is 18.0. The Morgan fingerprint density at radius 2 is 1.73 bits per heavy atom. The van der Waals surface area contributed by atoms with Crippen LogP contribution in [0.15, 0.2) is 82.1 Å². The van der Waals surface area contributed by atoms with Crippen molar-refractivity contribution in [2.24, 2.45) is 5.10 Å². The van der Waals surface area contributed by atoms with Crippen LogP contribution in [0.1, 0.15) is 23.6 Å². The van der Waals surface area contributed by atoms with Gasteiger partial charge < -0.3 is 9.47 Å². The van der Waals surface area contributed by atoms with E-state index in [2.05, 4.69) is 0 Å². The predicted octanol–water partition coefficient (Wildman–Crippen LogP) is 5.99. The lowest BCUT2D eigenvalue weighted by Gasteiger charge is -2.26. The van der Waals surface area contributed by atoms with E-state index in [0.717, 1.165) is 16.8 Å². The minimum absolute atomic E-state index is 0.173. The van der Waals surface area contributed by atoms with Crippen LogP contribution in [0, 0.1) is 5.82 Å². The van der Waals surface area contributed by atoms with E-state index in [1.54, 1.807) is 36.4 Å². The summed E-state index contributed by atoms with van der Waals surface area (Å²) in [6.45, 7) is 1.47. The van der Waals surface area contributed by atoms with Crippen molar-refractivity contribution < 1.29 is 22.3 Å². The van der Waals surface area contributed by atoms with Gasteiger partial charge in [-0.3, -0.25) is 0 Å². The van der Waals surface area contributed by atoms with Gasteiger partial charge in [0.2, 0.25) is 15.2 Å². The second-order valence-corrected chi connectivity index (χ2v) is 12.8. The largest absolute Gasteiger partial charge is 0.494 e. The molecule has 1 atom stereocenters. The van der Waals surface area contributed by atoms with Crippen molar-refractivity contribution in [3.63, 3.8) is 0 Å². The number of morpholine rings is 1. The zero-order chi connectivity index (χ0) is 28.6. The van der Waals surface area contributed by atoms with Gasteiger partial charge in [0.25, 0.3) is 0 Å². The zero-order valence-electron chi connectivity index (χ0n) is 22.0. The number of methoxy groups -OCH3 is 1. The number of hydrogen-bond donors (Lipinski definition) is 0. The molecule has 41 heavy (non-hydrogen) atoms. The smallest absolute Gasteiger partial charge is 0.243 e. The molecular weight excluding hydrogens is 587 g/mol. The van der Waals surface area contributed by atoms with Crippen LogP contribution >= 0.6 is 22.9 Å². The van der Waals surface area contributed by atoms with Gasteiger partial charge in [-0.25, -0.2) is 22.8 Å². The minimum atomic E-state index is -3.58. The van der Waals surface area contributed by atoms with E-state index in [-0.39, 0.29) is 16.7 Å². The van der Waals surface area contributed by atoms with E-state index in [1.807, 2.05) is 34.7 Å². The number of halogens is 2. The lowest BCUT2D eigenvalue weighted by molar-refractivity contribution is 0.0730. The number of hydrazone groups is 1. The molecule has 0 spiro atoms. The first-order valence-corrected chi connectivity index (χ1v) is 15.6. The number of aromatic nitrogens is 1. The maximum absolute atomic E-state index is 14.5. The topological polar surface area (TPSA) is 84.3 Å². The number of benzene rings is 3. The summed E-state index contributed by atoms with van der Waals surface area (Å²) < 4.78 is 52.3. The maximum Gasteiger partial charge on any atom is 0.243 e. The summed E-state index contributed by atoms with van der Waals surface area (Å²) in [5, 5.41) is 9.94. The van der Waals surface area contributed by atoms with Gasteiger partial charge in [0, 0.05) is 41.0 Å². The third-order valence-electron chi connectivity index (χ3n) is 7.10. The fraction of sp³-hybridized carbons (Fsp3) is 0.241. The van der Waals surface area contributed by atoms with Crippen molar-refractivity contribution >= 4 is 43.8 Å². The zero-order valence-corrected chi connectivity index (χ0v) is 24.4. The molecule has 1 aromatic heterocycles. The average Bonchev–Trinajstić information content (AvgIpc) is 3.66. The predicted molar refractivity (Wildman–Crippen MR) is 158 cm³/mol. The van der Waals surface area contributed by atoms with E-state index in [0.29, 0.717) is 54.1 Å². The number of rotatable bonds is 7.